The first kappa shape index (κ1) is 21.0. The Morgan fingerprint density at radius 1 is 1.35 bits per heavy atom. The monoisotopic (exact) mass is 424 g/mol. The van der Waals surface area contributed by atoms with Crippen LogP contribution in [0.3, 0.4) is 0 Å². The van der Waals surface area contributed by atoms with Crippen LogP contribution in [-0.4, -0.2) is 51.1 Å². The molecule has 0 N–H and O–H groups in total. The molecule has 0 aliphatic carbocycles. The molecule has 164 valence electrons. The van der Waals surface area contributed by atoms with Crippen molar-refractivity contribution in [2.45, 2.75) is 46.1 Å². The van der Waals surface area contributed by atoms with Gasteiger partial charge in [-0.15, -0.1) is 0 Å². The minimum absolute atomic E-state index is 0.108. The summed E-state index contributed by atoms with van der Waals surface area (Å²) in [6, 6.07) is 3.71. The number of hydrogen-bond donors (Lipinski definition) is 0. The first-order valence-electron chi connectivity index (χ1n) is 10.7. The van der Waals surface area contributed by atoms with Gasteiger partial charge in [0.15, 0.2) is 5.82 Å². The van der Waals surface area contributed by atoms with Gasteiger partial charge in [-0.1, -0.05) is 12.1 Å². The van der Waals surface area contributed by atoms with Gasteiger partial charge in [0.25, 0.3) is 5.89 Å². The zero-order chi connectivity index (χ0) is 21.8. The molecular weight excluding hydrogens is 396 g/mol. The fraction of sp³-hybridized carbons (Fsp3) is 0.500. The Bertz CT molecular complexity index is 1020. The van der Waals surface area contributed by atoms with Crippen molar-refractivity contribution in [2.24, 2.45) is 5.92 Å². The third-order valence-electron chi connectivity index (χ3n) is 5.48. The first-order valence-corrected chi connectivity index (χ1v) is 10.7. The Kier molecular flexibility index (Phi) is 6.29. The van der Waals surface area contributed by atoms with Gasteiger partial charge in [-0.2, -0.15) is 4.98 Å². The van der Waals surface area contributed by atoms with Crippen LogP contribution < -0.4 is 4.90 Å². The number of carbonyl (C=O) groups is 1. The maximum absolute atomic E-state index is 13.1. The smallest absolute Gasteiger partial charge is 0.263 e. The van der Waals surface area contributed by atoms with Crippen molar-refractivity contribution >= 4 is 11.7 Å². The van der Waals surface area contributed by atoms with Crippen molar-refractivity contribution in [3.8, 4) is 11.5 Å². The van der Waals surface area contributed by atoms with E-state index in [1.54, 1.807) is 17.4 Å². The van der Waals surface area contributed by atoms with Crippen LogP contribution in [0.2, 0.25) is 0 Å². The summed E-state index contributed by atoms with van der Waals surface area (Å²) >= 11 is 0. The summed E-state index contributed by atoms with van der Waals surface area (Å²) in [6.45, 7) is 5.78. The van der Waals surface area contributed by atoms with E-state index in [-0.39, 0.29) is 11.8 Å². The zero-order valence-electron chi connectivity index (χ0n) is 18.2. The van der Waals surface area contributed by atoms with Gasteiger partial charge in [-0.05, 0) is 38.3 Å². The number of carbonyl (C=O) groups excluding carboxylic acids is 1. The van der Waals surface area contributed by atoms with E-state index in [0.717, 1.165) is 43.8 Å². The van der Waals surface area contributed by atoms with E-state index in [4.69, 9.17) is 8.94 Å². The third-order valence-corrected chi connectivity index (χ3v) is 5.48. The highest BCUT2D eigenvalue weighted by Gasteiger charge is 2.31. The molecule has 1 amide bonds. The zero-order valence-corrected chi connectivity index (χ0v) is 18.2. The van der Waals surface area contributed by atoms with Crippen LogP contribution >= 0.6 is 0 Å². The predicted octanol–water partition coefficient (Wildman–Crippen LogP) is 3.26. The molecule has 9 nitrogen and oxygen atoms in total. The predicted molar refractivity (Wildman–Crippen MR) is 114 cm³/mol. The molecule has 1 aliphatic rings. The summed E-state index contributed by atoms with van der Waals surface area (Å²) in [5.74, 6) is 3.26. The highest BCUT2D eigenvalue weighted by molar-refractivity contribution is 5.80. The van der Waals surface area contributed by atoms with Crippen LogP contribution in [0, 0.1) is 12.8 Å². The van der Waals surface area contributed by atoms with E-state index in [2.05, 4.69) is 31.9 Å². The number of nitrogens with zero attached hydrogens (tertiary/aromatic N) is 6. The van der Waals surface area contributed by atoms with Crippen molar-refractivity contribution in [3.63, 3.8) is 0 Å². The Morgan fingerprint density at radius 2 is 2.23 bits per heavy atom. The molecular formula is C22H28N6O3. The molecule has 0 bridgehead atoms. The fourth-order valence-corrected chi connectivity index (χ4v) is 3.94. The lowest BCUT2D eigenvalue weighted by atomic mass is 9.96. The van der Waals surface area contributed by atoms with Gasteiger partial charge in [-0.25, -0.2) is 9.97 Å². The molecule has 1 unspecified atom stereocenters. The SMILES string of the molecule is CCCc1noc(-c2cnc(C)nc2N2CCCC(C(=O)N(C)Cc3ccco3)C2)n1. The Hall–Kier alpha value is -3.23. The molecule has 4 rings (SSSR count). The number of hydrogen-bond acceptors (Lipinski definition) is 8. The Balaban J connectivity index is 1.53. The summed E-state index contributed by atoms with van der Waals surface area (Å²) in [5.41, 5.74) is 0.706. The van der Waals surface area contributed by atoms with Crippen molar-refractivity contribution in [1.82, 2.24) is 25.0 Å². The first-order chi connectivity index (χ1) is 15.0. The number of piperidine rings is 1. The summed E-state index contributed by atoms with van der Waals surface area (Å²) in [7, 11) is 1.82. The molecule has 4 heterocycles. The van der Waals surface area contributed by atoms with Crippen LogP contribution in [0.1, 0.15) is 43.6 Å². The van der Waals surface area contributed by atoms with E-state index < -0.39 is 0 Å². The molecule has 31 heavy (non-hydrogen) atoms. The minimum atomic E-state index is -0.116. The lowest BCUT2D eigenvalue weighted by Crippen LogP contribution is -2.44. The average Bonchev–Trinajstić information content (AvgIpc) is 3.46. The van der Waals surface area contributed by atoms with E-state index in [0.29, 0.717) is 36.2 Å². The Labute approximate surface area is 181 Å². The molecule has 3 aromatic rings. The van der Waals surface area contributed by atoms with Crippen LogP contribution in [-0.2, 0) is 17.8 Å². The van der Waals surface area contributed by atoms with Crippen LogP contribution in [0.25, 0.3) is 11.5 Å². The summed E-state index contributed by atoms with van der Waals surface area (Å²) in [5, 5.41) is 4.06. The molecule has 3 aromatic heterocycles. The second-order valence-corrected chi connectivity index (χ2v) is 7.98. The molecule has 1 fully saturated rings. The fourth-order valence-electron chi connectivity index (χ4n) is 3.94. The van der Waals surface area contributed by atoms with Gasteiger partial charge in [-0.3, -0.25) is 4.79 Å². The van der Waals surface area contributed by atoms with Gasteiger partial charge < -0.3 is 18.7 Å². The maximum atomic E-state index is 13.1. The van der Waals surface area contributed by atoms with Crippen molar-refractivity contribution in [2.75, 3.05) is 25.0 Å². The number of rotatable bonds is 7. The van der Waals surface area contributed by atoms with E-state index in [9.17, 15) is 4.79 Å². The number of amides is 1. The topological polar surface area (TPSA) is 101 Å². The van der Waals surface area contributed by atoms with Gasteiger partial charge in [0.2, 0.25) is 5.91 Å². The second kappa shape index (κ2) is 9.28. The third kappa shape index (κ3) is 4.76. The second-order valence-electron chi connectivity index (χ2n) is 7.98. The van der Waals surface area contributed by atoms with Crippen molar-refractivity contribution in [1.29, 1.82) is 0 Å². The quantitative estimate of drug-likeness (QED) is 0.570. The van der Waals surface area contributed by atoms with Gasteiger partial charge in [0.1, 0.15) is 23.0 Å². The number of aromatic nitrogens is 4. The molecule has 0 aromatic carbocycles. The van der Waals surface area contributed by atoms with E-state index in [1.807, 2.05) is 26.1 Å². The number of aryl methyl sites for hydroxylation is 2. The average molecular weight is 425 g/mol. The summed E-state index contributed by atoms with van der Waals surface area (Å²) in [4.78, 5) is 30.5. The molecule has 1 saturated heterocycles. The number of anilines is 1. The van der Waals surface area contributed by atoms with Gasteiger partial charge in [0.05, 0.1) is 18.7 Å². The molecule has 0 radical (unpaired) electrons. The molecule has 1 atom stereocenters. The molecule has 0 saturated carbocycles. The van der Waals surface area contributed by atoms with Crippen LogP contribution in [0.15, 0.2) is 33.5 Å². The minimum Gasteiger partial charge on any atom is -0.467 e. The normalized spacial score (nSPS) is 16.5. The van der Waals surface area contributed by atoms with E-state index in [1.165, 1.54) is 0 Å². The van der Waals surface area contributed by atoms with Crippen molar-refractivity contribution < 1.29 is 13.7 Å². The molecule has 1 aliphatic heterocycles. The van der Waals surface area contributed by atoms with E-state index >= 15 is 0 Å². The molecule has 0 spiro atoms. The van der Waals surface area contributed by atoms with Gasteiger partial charge >= 0.3 is 0 Å². The highest BCUT2D eigenvalue weighted by atomic mass is 16.5. The van der Waals surface area contributed by atoms with Crippen LogP contribution in [0.5, 0.6) is 0 Å². The summed E-state index contributed by atoms with van der Waals surface area (Å²) in [6.07, 6.45) is 6.80. The lowest BCUT2D eigenvalue weighted by Gasteiger charge is -2.35. The lowest BCUT2D eigenvalue weighted by molar-refractivity contribution is -0.135. The summed E-state index contributed by atoms with van der Waals surface area (Å²) < 4.78 is 10.9. The van der Waals surface area contributed by atoms with Crippen LogP contribution in [0.4, 0.5) is 5.82 Å². The molecule has 9 heteroatoms. The maximum Gasteiger partial charge on any atom is 0.263 e. The highest BCUT2D eigenvalue weighted by Crippen LogP contribution is 2.31. The van der Waals surface area contributed by atoms with Crippen molar-refractivity contribution in [3.05, 3.63) is 42.0 Å². The Morgan fingerprint density at radius 3 is 3.00 bits per heavy atom. The standard InChI is InChI=1S/C22H28N6O3/c1-4-7-19-25-21(31-26-19)18-12-23-15(2)24-20(18)28-10-5-8-16(13-28)22(29)27(3)14-17-9-6-11-30-17/h6,9,11-12,16H,4-5,7-8,10,13-14H2,1-3H3. The van der Waals surface area contributed by atoms with Gasteiger partial charge in [0, 0.05) is 32.8 Å². The largest absolute Gasteiger partial charge is 0.467 e. The number of furan rings is 1.